The number of hydrogen-bond donors (Lipinski definition) is 2. The molecule has 6 heteroatoms. The van der Waals surface area contributed by atoms with Crippen LogP contribution in [0.4, 0.5) is 4.79 Å². The average molecular weight is 292 g/mol. The molecule has 1 aromatic rings. The van der Waals surface area contributed by atoms with Crippen molar-refractivity contribution in [1.82, 2.24) is 10.6 Å². The summed E-state index contributed by atoms with van der Waals surface area (Å²) in [6.45, 7) is 3.29. The molecule has 2 atom stereocenters. The van der Waals surface area contributed by atoms with Crippen LogP contribution < -0.4 is 10.6 Å². The van der Waals surface area contributed by atoms with E-state index in [1.54, 1.807) is 0 Å². The number of benzene rings is 1. The molecule has 2 N–H and O–H groups in total. The lowest BCUT2D eigenvalue weighted by atomic mass is 9.97. The minimum absolute atomic E-state index is 0.429. The number of rotatable bonds is 5. The lowest BCUT2D eigenvalue weighted by Gasteiger charge is -2.18. The van der Waals surface area contributed by atoms with Crippen molar-refractivity contribution in [2.45, 2.75) is 32.3 Å². The van der Waals surface area contributed by atoms with Crippen LogP contribution in [-0.2, 0) is 14.3 Å². The lowest BCUT2D eigenvalue weighted by Crippen LogP contribution is -2.43. The molecular formula is C15H20N2O4. The fourth-order valence-corrected chi connectivity index (χ4v) is 1.81. The largest absolute Gasteiger partial charge is 0.452 e. The first-order chi connectivity index (χ1) is 9.99. The maximum absolute atomic E-state index is 12.1. The van der Waals surface area contributed by atoms with Gasteiger partial charge in [0, 0.05) is 7.05 Å². The van der Waals surface area contributed by atoms with E-state index in [2.05, 4.69) is 10.6 Å². The van der Waals surface area contributed by atoms with E-state index in [1.165, 1.54) is 14.0 Å². The predicted octanol–water partition coefficient (Wildman–Crippen LogP) is 1.57. The van der Waals surface area contributed by atoms with Crippen LogP contribution in [-0.4, -0.2) is 31.1 Å². The van der Waals surface area contributed by atoms with Gasteiger partial charge in [-0.05, 0) is 18.9 Å². The zero-order valence-corrected chi connectivity index (χ0v) is 12.4. The number of amides is 3. The minimum atomic E-state index is -1.03. The van der Waals surface area contributed by atoms with E-state index in [0.717, 1.165) is 5.56 Å². The van der Waals surface area contributed by atoms with Crippen LogP contribution in [0.15, 0.2) is 30.3 Å². The van der Waals surface area contributed by atoms with Crippen molar-refractivity contribution in [2.75, 3.05) is 7.05 Å². The van der Waals surface area contributed by atoms with Gasteiger partial charge in [-0.1, -0.05) is 37.3 Å². The van der Waals surface area contributed by atoms with E-state index < -0.39 is 29.9 Å². The van der Waals surface area contributed by atoms with E-state index in [-0.39, 0.29) is 0 Å². The summed E-state index contributed by atoms with van der Waals surface area (Å²) in [7, 11) is 1.39. The predicted molar refractivity (Wildman–Crippen MR) is 77.6 cm³/mol. The second kappa shape index (κ2) is 8.04. The maximum Gasteiger partial charge on any atom is 0.321 e. The van der Waals surface area contributed by atoms with Crippen LogP contribution >= 0.6 is 0 Å². The topological polar surface area (TPSA) is 84.5 Å². The van der Waals surface area contributed by atoms with Crippen LogP contribution in [0.5, 0.6) is 0 Å². The van der Waals surface area contributed by atoms with Crippen LogP contribution in [0.1, 0.15) is 31.7 Å². The lowest BCUT2D eigenvalue weighted by molar-refractivity contribution is -0.156. The molecule has 3 amide bonds. The van der Waals surface area contributed by atoms with E-state index >= 15 is 0 Å². The van der Waals surface area contributed by atoms with Crippen molar-refractivity contribution in [2.24, 2.45) is 0 Å². The molecule has 0 spiro atoms. The molecule has 0 bridgehead atoms. The highest BCUT2D eigenvalue weighted by molar-refractivity contribution is 5.97. The van der Waals surface area contributed by atoms with Crippen molar-refractivity contribution in [1.29, 1.82) is 0 Å². The van der Waals surface area contributed by atoms with Gasteiger partial charge in [0.2, 0.25) is 0 Å². The van der Waals surface area contributed by atoms with Gasteiger partial charge in [0.05, 0.1) is 5.92 Å². The third-order valence-electron chi connectivity index (χ3n) is 3.02. The first-order valence-corrected chi connectivity index (χ1v) is 6.77. The Hall–Kier alpha value is -2.37. The summed E-state index contributed by atoms with van der Waals surface area (Å²) in [5, 5.41) is 4.32. The smallest absolute Gasteiger partial charge is 0.321 e. The van der Waals surface area contributed by atoms with E-state index in [4.69, 9.17) is 4.74 Å². The fourth-order valence-electron chi connectivity index (χ4n) is 1.81. The van der Waals surface area contributed by atoms with Gasteiger partial charge >= 0.3 is 12.0 Å². The fraction of sp³-hybridized carbons (Fsp3) is 0.400. The summed E-state index contributed by atoms with van der Waals surface area (Å²) in [6.07, 6.45) is -0.473. The van der Waals surface area contributed by atoms with Gasteiger partial charge < -0.3 is 10.1 Å². The summed E-state index contributed by atoms with van der Waals surface area (Å²) in [5.41, 5.74) is 0.837. The first-order valence-electron chi connectivity index (χ1n) is 6.77. The van der Waals surface area contributed by atoms with Gasteiger partial charge in [0.15, 0.2) is 6.10 Å². The van der Waals surface area contributed by atoms with Gasteiger partial charge in [-0.25, -0.2) is 4.79 Å². The highest BCUT2D eigenvalue weighted by Crippen LogP contribution is 2.21. The molecule has 114 valence electrons. The third-order valence-corrected chi connectivity index (χ3v) is 3.02. The van der Waals surface area contributed by atoms with Crippen LogP contribution in [0.2, 0.25) is 0 Å². The van der Waals surface area contributed by atoms with Gasteiger partial charge in [0.25, 0.3) is 5.91 Å². The Morgan fingerprint density at radius 2 is 1.81 bits per heavy atom. The monoisotopic (exact) mass is 292 g/mol. The molecule has 0 aliphatic rings. The molecule has 1 rings (SSSR count). The van der Waals surface area contributed by atoms with Crippen molar-refractivity contribution in [3.8, 4) is 0 Å². The Bertz CT molecular complexity index is 502. The number of carbonyl (C=O) groups is 3. The molecular weight excluding hydrogens is 272 g/mol. The molecule has 0 radical (unpaired) electrons. The normalized spacial score (nSPS) is 12.9. The summed E-state index contributed by atoms with van der Waals surface area (Å²) in [6, 6.07) is 8.58. The first kappa shape index (κ1) is 16.7. The van der Waals surface area contributed by atoms with E-state index in [0.29, 0.717) is 6.42 Å². The van der Waals surface area contributed by atoms with Gasteiger partial charge in [0.1, 0.15) is 0 Å². The van der Waals surface area contributed by atoms with Gasteiger partial charge in [-0.3, -0.25) is 14.9 Å². The SMILES string of the molecule is CC[C@H](C(=O)O[C@H](C)C(=O)NC(=O)NC)c1ccccc1. The number of carbonyl (C=O) groups excluding carboxylic acids is 3. The molecule has 0 aliphatic carbocycles. The average Bonchev–Trinajstić information content (AvgIpc) is 2.48. The number of ether oxygens (including phenoxy) is 1. The Labute approximate surface area is 123 Å². The third kappa shape index (κ3) is 4.91. The number of imide groups is 1. The zero-order chi connectivity index (χ0) is 15.8. The summed E-state index contributed by atoms with van der Waals surface area (Å²) >= 11 is 0. The molecule has 6 nitrogen and oxygen atoms in total. The minimum Gasteiger partial charge on any atom is -0.452 e. The molecule has 21 heavy (non-hydrogen) atoms. The Kier molecular flexibility index (Phi) is 6.39. The maximum atomic E-state index is 12.1. The zero-order valence-electron chi connectivity index (χ0n) is 12.4. The summed E-state index contributed by atoms with van der Waals surface area (Å²) < 4.78 is 5.13. The number of hydrogen-bond acceptors (Lipinski definition) is 4. The van der Waals surface area contributed by atoms with Crippen LogP contribution in [0.25, 0.3) is 0 Å². The quantitative estimate of drug-likeness (QED) is 0.807. The van der Waals surface area contributed by atoms with Crippen molar-refractivity contribution >= 4 is 17.9 Å². The molecule has 0 saturated heterocycles. The Morgan fingerprint density at radius 3 is 2.33 bits per heavy atom. The van der Waals surface area contributed by atoms with Crippen molar-refractivity contribution < 1.29 is 19.1 Å². The van der Waals surface area contributed by atoms with E-state index in [1.807, 2.05) is 37.3 Å². The summed E-state index contributed by atoms with van der Waals surface area (Å²) in [5.74, 6) is -1.57. The van der Waals surface area contributed by atoms with Gasteiger partial charge in [-0.15, -0.1) is 0 Å². The molecule has 0 unspecified atom stereocenters. The van der Waals surface area contributed by atoms with E-state index in [9.17, 15) is 14.4 Å². The van der Waals surface area contributed by atoms with Crippen molar-refractivity contribution in [3.63, 3.8) is 0 Å². The number of nitrogens with one attached hydrogen (secondary N) is 2. The Balaban J connectivity index is 2.66. The molecule has 0 heterocycles. The number of esters is 1. The molecule has 0 aromatic heterocycles. The number of urea groups is 1. The second-order valence-electron chi connectivity index (χ2n) is 4.52. The van der Waals surface area contributed by atoms with Crippen LogP contribution in [0.3, 0.4) is 0 Å². The molecule has 0 fully saturated rings. The van der Waals surface area contributed by atoms with Crippen LogP contribution in [0, 0.1) is 0 Å². The molecule has 0 saturated carbocycles. The Morgan fingerprint density at radius 1 is 1.19 bits per heavy atom. The molecule has 0 aliphatic heterocycles. The van der Waals surface area contributed by atoms with Gasteiger partial charge in [-0.2, -0.15) is 0 Å². The van der Waals surface area contributed by atoms with Crippen molar-refractivity contribution in [3.05, 3.63) is 35.9 Å². The summed E-state index contributed by atoms with van der Waals surface area (Å²) in [4.78, 5) is 34.8. The standard InChI is InChI=1S/C15H20N2O4/c1-4-12(11-8-6-5-7-9-11)14(19)21-10(2)13(18)17-15(20)16-3/h5-10,12H,4H2,1-3H3,(H2,16,17,18,20)/t10-,12+/m1/s1. The second-order valence-corrected chi connectivity index (χ2v) is 4.52. The highest BCUT2D eigenvalue weighted by atomic mass is 16.5. The molecule has 1 aromatic carbocycles. The highest BCUT2D eigenvalue weighted by Gasteiger charge is 2.25.